The molecule has 4 rings (SSSR count). The highest BCUT2D eigenvalue weighted by Gasteiger charge is 2.20. The largest absolute Gasteiger partial charge is 0.481 e. The number of nitrogens with zero attached hydrogens (tertiary/aromatic N) is 4. The van der Waals surface area contributed by atoms with Crippen molar-refractivity contribution in [1.82, 2.24) is 24.8 Å². The zero-order valence-corrected chi connectivity index (χ0v) is 18.8. The number of rotatable bonds is 3. The molecule has 0 aliphatic carbocycles. The normalized spacial score (nSPS) is 13.4. The zero-order valence-electron chi connectivity index (χ0n) is 16.4. The highest BCUT2D eigenvalue weighted by Crippen LogP contribution is 2.22. The maximum absolute atomic E-state index is 12.0. The first kappa shape index (κ1) is 26.4. The predicted molar refractivity (Wildman–Crippen MR) is 123 cm³/mol. The maximum atomic E-state index is 12.0. The molecule has 170 valence electrons. The summed E-state index contributed by atoms with van der Waals surface area (Å²) in [5, 5.41) is 13.6. The number of aromatic nitrogens is 4. The van der Waals surface area contributed by atoms with E-state index in [-0.39, 0.29) is 53.2 Å². The van der Waals surface area contributed by atoms with Gasteiger partial charge in [-0.3, -0.25) is 19.7 Å². The van der Waals surface area contributed by atoms with Gasteiger partial charge in [-0.15, -0.1) is 24.8 Å². The minimum absolute atomic E-state index is 0. The number of nitro groups is 1. The molecule has 0 atom stereocenters. The number of hydrogen-bond donors (Lipinski definition) is 3. The molecule has 1 saturated heterocycles. The van der Waals surface area contributed by atoms with Crippen molar-refractivity contribution in [2.45, 2.75) is 18.9 Å². The van der Waals surface area contributed by atoms with E-state index < -0.39 is 4.92 Å². The first-order valence-electron chi connectivity index (χ1n) is 8.83. The molecular weight excluding hydrogens is 473 g/mol. The van der Waals surface area contributed by atoms with Gasteiger partial charge in [-0.1, -0.05) is 11.6 Å². The number of nitrogens with one attached hydrogen (secondary N) is 2. The quantitative estimate of drug-likeness (QED) is 0.285. The molecule has 0 aromatic carbocycles. The van der Waals surface area contributed by atoms with Crippen molar-refractivity contribution >= 4 is 59.1 Å². The van der Waals surface area contributed by atoms with Gasteiger partial charge in [0.05, 0.1) is 17.5 Å². The Labute approximate surface area is 194 Å². The van der Waals surface area contributed by atoms with Gasteiger partial charge >= 0.3 is 11.4 Å². The molecule has 3 aromatic rings. The van der Waals surface area contributed by atoms with Crippen LogP contribution in [0.1, 0.15) is 18.9 Å². The highest BCUT2D eigenvalue weighted by molar-refractivity contribution is 6.29. The van der Waals surface area contributed by atoms with Gasteiger partial charge in [0.2, 0.25) is 11.7 Å². The Morgan fingerprint density at radius 1 is 1.23 bits per heavy atom. The number of aromatic amines is 1. The molecule has 4 heterocycles. The van der Waals surface area contributed by atoms with E-state index in [0.717, 1.165) is 31.4 Å². The van der Waals surface area contributed by atoms with Crippen LogP contribution in [-0.2, 0) is 0 Å². The highest BCUT2D eigenvalue weighted by atomic mass is 35.5. The van der Waals surface area contributed by atoms with Crippen LogP contribution in [-0.4, -0.2) is 44.6 Å². The summed E-state index contributed by atoms with van der Waals surface area (Å²) >= 11 is 5.41. The number of nitrogen functional groups attached to an aromatic ring is 1. The monoisotopic (exact) mass is 493 g/mol. The molecule has 1 aliphatic rings. The van der Waals surface area contributed by atoms with Gasteiger partial charge in [-0.05, 0) is 38.1 Å². The molecule has 0 radical (unpaired) electrons. The predicted octanol–water partition coefficient (Wildman–Crippen LogP) is 2.73. The summed E-state index contributed by atoms with van der Waals surface area (Å²) in [6, 6.07) is 6.46. The topological polar surface area (TPSA) is 154 Å². The molecule has 31 heavy (non-hydrogen) atoms. The van der Waals surface area contributed by atoms with Crippen molar-refractivity contribution in [3.8, 4) is 5.88 Å². The Kier molecular flexibility index (Phi) is 9.98. The van der Waals surface area contributed by atoms with E-state index in [4.69, 9.17) is 22.1 Å². The first-order chi connectivity index (χ1) is 13.9. The van der Waals surface area contributed by atoms with Crippen LogP contribution in [0.4, 0.5) is 11.5 Å². The van der Waals surface area contributed by atoms with Gasteiger partial charge in [-0.2, -0.15) is 4.98 Å². The number of pyridine rings is 2. The lowest BCUT2D eigenvalue weighted by molar-refractivity contribution is -0.384. The molecule has 0 unspecified atom stereocenters. The second kappa shape index (κ2) is 11.7. The molecule has 11 nitrogen and oxygen atoms in total. The van der Waals surface area contributed by atoms with Crippen LogP contribution in [0.25, 0.3) is 11.2 Å². The molecule has 0 amide bonds. The summed E-state index contributed by atoms with van der Waals surface area (Å²) in [6.45, 7) is 1.90. The number of H-pyrrole nitrogens is 1. The second-order valence-electron chi connectivity index (χ2n) is 6.30. The van der Waals surface area contributed by atoms with Gasteiger partial charge in [0.25, 0.3) is 0 Å². The Balaban J connectivity index is 0.000000324. The van der Waals surface area contributed by atoms with Gasteiger partial charge < -0.3 is 15.8 Å². The molecule has 3 aromatic heterocycles. The van der Waals surface area contributed by atoms with Crippen molar-refractivity contribution in [2.75, 3.05) is 25.9 Å². The number of hydrogen-bond acceptors (Lipinski definition) is 8. The van der Waals surface area contributed by atoms with E-state index in [2.05, 4.69) is 20.3 Å². The van der Waals surface area contributed by atoms with E-state index in [1.807, 2.05) is 10.6 Å². The fourth-order valence-electron chi connectivity index (χ4n) is 3.13. The molecule has 1 aliphatic heterocycles. The number of imidazole rings is 1. The lowest BCUT2D eigenvalue weighted by Crippen LogP contribution is -2.33. The second-order valence-corrected chi connectivity index (χ2v) is 6.69. The van der Waals surface area contributed by atoms with Gasteiger partial charge in [-0.25, -0.2) is 9.78 Å². The Bertz CT molecular complexity index is 1080. The lowest BCUT2D eigenvalue weighted by atomic mass is 10.1. The SMILES string of the molecule is COc1ccc2c(n1)[nH]c(=O)n2C1CCNCC1.Cl.Cl.Nc1nc(Cl)ccc1[N+](=O)[O-]. The fourth-order valence-corrected chi connectivity index (χ4v) is 3.28. The third-order valence-corrected chi connectivity index (χ3v) is 4.71. The Morgan fingerprint density at radius 2 is 1.90 bits per heavy atom. The number of fused-ring (bicyclic) bond motifs is 1. The van der Waals surface area contributed by atoms with Crippen LogP contribution in [0.2, 0.25) is 5.15 Å². The zero-order chi connectivity index (χ0) is 21.0. The van der Waals surface area contributed by atoms with Gasteiger partial charge in [0.1, 0.15) is 5.15 Å². The van der Waals surface area contributed by atoms with Crippen molar-refractivity contribution in [1.29, 1.82) is 0 Å². The summed E-state index contributed by atoms with van der Waals surface area (Å²) in [4.78, 5) is 32.2. The first-order valence-corrected chi connectivity index (χ1v) is 9.21. The van der Waals surface area contributed by atoms with Crippen molar-refractivity contribution in [3.63, 3.8) is 0 Å². The van der Waals surface area contributed by atoms with Crippen molar-refractivity contribution in [3.05, 3.63) is 50.0 Å². The van der Waals surface area contributed by atoms with E-state index in [1.54, 1.807) is 13.2 Å². The van der Waals surface area contributed by atoms with E-state index >= 15 is 0 Å². The van der Waals surface area contributed by atoms with Crippen LogP contribution in [0.3, 0.4) is 0 Å². The maximum Gasteiger partial charge on any atom is 0.327 e. The summed E-state index contributed by atoms with van der Waals surface area (Å²) in [5.41, 5.74) is 6.32. The standard InChI is InChI=1S/C12H16N4O2.C5H4ClN3O2.2ClH/c1-18-10-3-2-9-11(14-10)15-12(17)16(9)8-4-6-13-7-5-8;6-4-2-1-3(9(10)11)5(7)8-4;;/h2-3,8,13H,4-7H2,1H3,(H,14,15,17);1-2H,(H2,7,8);2*1H. The van der Waals surface area contributed by atoms with Crippen molar-refractivity contribution in [2.24, 2.45) is 0 Å². The lowest BCUT2D eigenvalue weighted by Gasteiger charge is -2.23. The molecule has 4 N–H and O–H groups in total. The van der Waals surface area contributed by atoms with E-state index in [9.17, 15) is 14.9 Å². The number of anilines is 1. The Hall–Kier alpha value is -2.60. The van der Waals surface area contributed by atoms with Crippen LogP contribution >= 0.6 is 36.4 Å². The molecule has 0 spiro atoms. The number of halogens is 3. The van der Waals surface area contributed by atoms with Crippen LogP contribution in [0, 0.1) is 10.1 Å². The molecule has 0 saturated carbocycles. The summed E-state index contributed by atoms with van der Waals surface area (Å²) in [5.74, 6) is 0.351. The number of methoxy groups -OCH3 is 1. The van der Waals surface area contributed by atoms with Gasteiger partial charge in [0.15, 0.2) is 5.65 Å². The summed E-state index contributed by atoms with van der Waals surface area (Å²) < 4.78 is 6.89. The number of nitrogens with two attached hydrogens (primary N) is 1. The molecular formula is C17H22Cl3N7O4. The van der Waals surface area contributed by atoms with Gasteiger partial charge in [0, 0.05) is 18.2 Å². The van der Waals surface area contributed by atoms with E-state index in [1.165, 1.54) is 12.1 Å². The minimum atomic E-state index is -0.612. The number of ether oxygens (including phenoxy) is 1. The average Bonchev–Trinajstić information content (AvgIpc) is 3.03. The van der Waals surface area contributed by atoms with Crippen molar-refractivity contribution < 1.29 is 9.66 Å². The minimum Gasteiger partial charge on any atom is -0.481 e. The fraction of sp³-hybridized carbons (Fsp3) is 0.353. The summed E-state index contributed by atoms with van der Waals surface area (Å²) in [6.07, 6.45) is 1.94. The van der Waals surface area contributed by atoms with Crippen LogP contribution in [0.5, 0.6) is 5.88 Å². The average molecular weight is 495 g/mol. The summed E-state index contributed by atoms with van der Waals surface area (Å²) in [7, 11) is 1.57. The molecule has 14 heteroatoms. The number of piperidine rings is 1. The van der Waals surface area contributed by atoms with Crippen LogP contribution < -0.4 is 21.5 Å². The third kappa shape index (κ3) is 6.20. The third-order valence-electron chi connectivity index (χ3n) is 4.50. The van der Waals surface area contributed by atoms with Crippen LogP contribution in [0.15, 0.2) is 29.1 Å². The smallest absolute Gasteiger partial charge is 0.327 e. The molecule has 1 fully saturated rings. The Morgan fingerprint density at radius 3 is 2.48 bits per heavy atom. The molecule has 0 bridgehead atoms. The van der Waals surface area contributed by atoms with E-state index in [0.29, 0.717) is 11.5 Å².